The maximum atomic E-state index is 5.70. The minimum Gasteiger partial charge on any atom is -0.371 e. The molecular weight excluding hydrogens is 232 g/mol. The van der Waals surface area contributed by atoms with E-state index >= 15 is 0 Å². The van der Waals surface area contributed by atoms with Crippen molar-refractivity contribution in [3.05, 3.63) is 15.6 Å². The van der Waals surface area contributed by atoms with E-state index in [-0.39, 0.29) is 6.10 Å². The highest BCUT2D eigenvalue weighted by Gasteiger charge is 2.23. The van der Waals surface area contributed by atoms with Crippen molar-refractivity contribution >= 4 is 11.3 Å². The van der Waals surface area contributed by atoms with Crippen LogP contribution in [0.3, 0.4) is 0 Å². The zero-order valence-electron chi connectivity index (χ0n) is 11.0. The van der Waals surface area contributed by atoms with E-state index in [0.717, 1.165) is 25.3 Å². The third kappa shape index (κ3) is 3.06. The number of hydrogen-bond acceptors (Lipinski definition) is 4. The van der Waals surface area contributed by atoms with Gasteiger partial charge >= 0.3 is 0 Å². The van der Waals surface area contributed by atoms with Gasteiger partial charge in [0.2, 0.25) is 0 Å². The summed E-state index contributed by atoms with van der Waals surface area (Å²) in [5.74, 6) is 0. The molecule has 4 heteroatoms. The van der Waals surface area contributed by atoms with Gasteiger partial charge < -0.3 is 10.1 Å². The van der Waals surface area contributed by atoms with Crippen LogP contribution in [-0.4, -0.2) is 18.1 Å². The first-order chi connectivity index (χ1) is 8.22. The first-order valence-electron chi connectivity index (χ1n) is 6.54. The molecule has 96 valence electrons. The van der Waals surface area contributed by atoms with Gasteiger partial charge in [0.05, 0.1) is 5.69 Å². The molecule has 0 aliphatic carbocycles. The van der Waals surface area contributed by atoms with Crippen LogP contribution in [0.25, 0.3) is 0 Å². The zero-order chi connectivity index (χ0) is 12.3. The molecule has 2 atom stereocenters. The number of aromatic nitrogens is 1. The monoisotopic (exact) mass is 254 g/mol. The average Bonchev–Trinajstić information content (AvgIpc) is 2.94. The van der Waals surface area contributed by atoms with Crippen molar-refractivity contribution in [3.63, 3.8) is 0 Å². The van der Waals surface area contributed by atoms with E-state index in [0.29, 0.717) is 6.04 Å². The standard InChI is InChI=1S/C13H22N2OS/c1-4-7-14-9(2)12-10(3)15-13(17-12)11-6-5-8-16-11/h9,11,14H,4-8H2,1-3H3. The molecule has 1 saturated heterocycles. The highest BCUT2D eigenvalue weighted by molar-refractivity contribution is 7.11. The van der Waals surface area contributed by atoms with Gasteiger partial charge in [-0.05, 0) is 39.7 Å². The van der Waals surface area contributed by atoms with Crippen molar-refractivity contribution in [2.24, 2.45) is 0 Å². The fourth-order valence-electron chi connectivity index (χ4n) is 2.20. The van der Waals surface area contributed by atoms with Crippen LogP contribution in [0.2, 0.25) is 0 Å². The summed E-state index contributed by atoms with van der Waals surface area (Å²) < 4.78 is 5.70. The highest BCUT2D eigenvalue weighted by atomic mass is 32.1. The number of nitrogens with one attached hydrogen (secondary N) is 1. The summed E-state index contributed by atoms with van der Waals surface area (Å²) >= 11 is 1.82. The molecule has 1 aliphatic heterocycles. The fraction of sp³-hybridized carbons (Fsp3) is 0.769. The Kier molecular flexibility index (Phi) is 4.54. The van der Waals surface area contributed by atoms with Gasteiger partial charge in [-0.3, -0.25) is 0 Å². The number of thiazole rings is 1. The molecule has 17 heavy (non-hydrogen) atoms. The summed E-state index contributed by atoms with van der Waals surface area (Å²) in [6.07, 6.45) is 3.72. The minimum absolute atomic E-state index is 0.255. The molecule has 0 radical (unpaired) electrons. The molecule has 1 aliphatic rings. The zero-order valence-corrected chi connectivity index (χ0v) is 11.8. The van der Waals surface area contributed by atoms with Gasteiger partial charge in [0.15, 0.2) is 0 Å². The SMILES string of the molecule is CCCNC(C)c1sc(C2CCCO2)nc1C. The van der Waals surface area contributed by atoms with Crippen molar-refractivity contribution < 1.29 is 4.74 Å². The van der Waals surface area contributed by atoms with Crippen molar-refractivity contribution in [2.75, 3.05) is 13.2 Å². The molecule has 0 saturated carbocycles. The molecule has 1 aromatic rings. The molecule has 0 bridgehead atoms. The maximum Gasteiger partial charge on any atom is 0.122 e. The molecule has 1 fully saturated rings. The molecule has 1 N–H and O–H groups in total. The second-order valence-corrected chi connectivity index (χ2v) is 5.74. The summed E-state index contributed by atoms with van der Waals surface area (Å²) in [6.45, 7) is 8.47. The summed E-state index contributed by atoms with van der Waals surface area (Å²) in [5, 5.41) is 4.69. The molecule has 2 heterocycles. The molecule has 0 aromatic carbocycles. The minimum atomic E-state index is 0.255. The molecule has 0 spiro atoms. The number of rotatable bonds is 5. The van der Waals surface area contributed by atoms with Gasteiger partial charge in [0.25, 0.3) is 0 Å². The number of ether oxygens (including phenoxy) is 1. The van der Waals surface area contributed by atoms with Gasteiger partial charge in [-0.25, -0.2) is 4.98 Å². The molecule has 1 aromatic heterocycles. The third-order valence-corrected chi connectivity index (χ3v) is 4.58. The Morgan fingerprint density at radius 1 is 1.59 bits per heavy atom. The molecule has 0 amide bonds. The Hall–Kier alpha value is -0.450. The van der Waals surface area contributed by atoms with E-state index in [1.165, 1.54) is 22.7 Å². The quantitative estimate of drug-likeness (QED) is 0.875. The smallest absolute Gasteiger partial charge is 0.122 e. The lowest BCUT2D eigenvalue weighted by Gasteiger charge is -2.11. The Morgan fingerprint density at radius 3 is 3.06 bits per heavy atom. The topological polar surface area (TPSA) is 34.1 Å². The Bertz CT molecular complexity index is 358. The van der Waals surface area contributed by atoms with Gasteiger partial charge in [-0.2, -0.15) is 0 Å². The average molecular weight is 254 g/mol. The molecule has 2 unspecified atom stereocenters. The van der Waals surface area contributed by atoms with Gasteiger partial charge in [-0.15, -0.1) is 11.3 Å². The summed E-state index contributed by atoms with van der Waals surface area (Å²) in [4.78, 5) is 6.04. The van der Waals surface area contributed by atoms with Gasteiger partial charge in [0.1, 0.15) is 11.1 Å². The summed E-state index contributed by atoms with van der Waals surface area (Å²) in [5.41, 5.74) is 1.16. The predicted octanol–water partition coefficient (Wildman–Crippen LogP) is 3.36. The van der Waals surface area contributed by atoms with E-state index < -0.39 is 0 Å². The van der Waals surface area contributed by atoms with Crippen LogP contribution in [0.1, 0.15) is 60.8 Å². The fourth-order valence-corrected chi connectivity index (χ4v) is 3.37. The first-order valence-corrected chi connectivity index (χ1v) is 7.36. The molecular formula is C13H22N2OS. The van der Waals surface area contributed by atoms with E-state index in [1.54, 1.807) is 0 Å². The van der Waals surface area contributed by atoms with Gasteiger partial charge in [0, 0.05) is 17.5 Å². The van der Waals surface area contributed by atoms with Crippen LogP contribution >= 0.6 is 11.3 Å². The van der Waals surface area contributed by atoms with E-state index in [2.05, 4.69) is 31.1 Å². The molecule has 3 nitrogen and oxygen atoms in total. The lowest BCUT2D eigenvalue weighted by atomic mass is 10.2. The Morgan fingerprint density at radius 2 is 2.41 bits per heavy atom. The lowest BCUT2D eigenvalue weighted by molar-refractivity contribution is 0.111. The van der Waals surface area contributed by atoms with Gasteiger partial charge in [-0.1, -0.05) is 6.92 Å². The van der Waals surface area contributed by atoms with Crippen LogP contribution in [-0.2, 0) is 4.74 Å². The second-order valence-electron chi connectivity index (χ2n) is 4.68. The lowest BCUT2D eigenvalue weighted by Crippen LogP contribution is -2.18. The van der Waals surface area contributed by atoms with Crippen molar-refractivity contribution in [1.82, 2.24) is 10.3 Å². The van der Waals surface area contributed by atoms with Crippen LogP contribution in [0, 0.1) is 6.92 Å². The van der Waals surface area contributed by atoms with Crippen molar-refractivity contribution in [3.8, 4) is 0 Å². The van der Waals surface area contributed by atoms with E-state index in [1.807, 2.05) is 11.3 Å². The van der Waals surface area contributed by atoms with Crippen LogP contribution < -0.4 is 5.32 Å². The van der Waals surface area contributed by atoms with E-state index in [4.69, 9.17) is 4.74 Å². The third-order valence-electron chi connectivity index (χ3n) is 3.15. The number of aryl methyl sites for hydroxylation is 1. The largest absolute Gasteiger partial charge is 0.371 e. The second kappa shape index (κ2) is 5.94. The Balaban J connectivity index is 2.06. The first kappa shape index (κ1) is 13.0. The normalized spacial score (nSPS) is 21.9. The Labute approximate surface area is 108 Å². The molecule has 2 rings (SSSR count). The number of hydrogen-bond donors (Lipinski definition) is 1. The van der Waals surface area contributed by atoms with Crippen LogP contribution in [0.15, 0.2) is 0 Å². The van der Waals surface area contributed by atoms with Crippen molar-refractivity contribution in [1.29, 1.82) is 0 Å². The van der Waals surface area contributed by atoms with E-state index in [9.17, 15) is 0 Å². The van der Waals surface area contributed by atoms with Crippen molar-refractivity contribution in [2.45, 2.75) is 52.2 Å². The predicted molar refractivity (Wildman–Crippen MR) is 71.5 cm³/mol. The summed E-state index contributed by atoms with van der Waals surface area (Å²) in [7, 11) is 0. The highest BCUT2D eigenvalue weighted by Crippen LogP contribution is 2.34. The van der Waals surface area contributed by atoms with Crippen LogP contribution in [0.5, 0.6) is 0 Å². The maximum absolute atomic E-state index is 5.70. The number of nitrogens with zero attached hydrogens (tertiary/aromatic N) is 1. The summed E-state index contributed by atoms with van der Waals surface area (Å²) in [6, 6.07) is 0.405. The van der Waals surface area contributed by atoms with Crippen LogP contribution in [0.4, 0.5) is 0 Å².